The number of hydrogen-bond acceptors (Lipinski definition) is 8. The van der Waals surface area contributed by atoms with E-state index in [0.29, 0.717) is 28.4 Å². The number of pyridine rings is 1. The quantitative estimate of drug-likeness (QED) is 0.171. The maximum absolute atomic E-state index is 6.49. The minimum absolute atomic E-state index is 0.414. The molecule has 0 aliphatic carbocycles. The van der Waals surface area contributed by atoms with Gasteiger partial charge < -0.3 is 13.3 Å². The number of fused-ring (bicyclic) bond motifs is 9. The summed E-state index contributed by atoms with van der Waals surface area (Å²) in [7, 11) is 0. The number of hydrogen-bond donors (Lipinski definition) is 0. The zero-order valence-corrected chi connectivity index (χ0v) is 28.0. The lowest BCUT2D eigenvalue weighted by atomic mass is 10.1. The van der Waals surface area contributed by atoms with E-state index in [2.05, 4.69) is 64.4 Å². The third kappa shape index (κ3) is 4.73. The molecule has 5 heterocycles. The summed E-state index contributed by atoms with van der Waals surface area (Å²) in [5.41, 5.74) is 8.65. The summed E-state index contributed by atoms with van der Waals surface area (Å²) in [6.07, 6.45) is 3.59. The van der Waals surface area contributed by atoms with Gasteiger partial charge in [-0.2, -0.15) is 4.98 Å². The van der Waals surface area contributed by atoms with Crippen LogP contribution in [0.3, 0.4) is 0 Å². The first kappa shape index (κ1) is 29.3. The number of nitrogens with zero attached hydrogens (tertiary/aromatic N) is 5. The first-order chi connectivity index (χ1) is 26.2. The molecule has 0 aliphatic rings. The first-order valence-electron chi connectivity index (χ1n) is 17.3. The molecular formula is C45H27N5O3. The summed E-state index contributed by atoms with van der Waals surface area (Å²) < 4.78 is 19.0. The standard InChI is InChI=1S/C45H27N5O3/c1-3-11-28(12-4-1)49(30-19-21-34-32-15-7-9-17-37(32)51-39(34)23-30)42-25-41-36(26-46-42)44-45(53-41)48-43(27-47-44)50(29-13-5-2-6-14-29)31-20-22-35-33-16-8-10-18-38(33)52-40(35)24-31/h1-27H. The largest absolute Gasteiger partial charge is 0.456 e. The lowest BCUT2D eigenvalue weighted by molar-refractivity contribution is 0.652. The van der Waals surface area contributed by atoms with Crippen LogP contribution in [0.15, 0.2) is 177 Å². The molecule has 8 heteroatoms. The van der Waals surface area contributed by atoms with Crippen molar-refractivity contribution in [3.63, 3.8) is 0 Å². The van der Waals surface area contributed by atoms with Crippen LogP contribution in [-0.2, 0) is 0 Å². The molecule has 6 aromatic carbocycles. The molecule has 0 fully saturated rings. The number of para-hydroxylation sites is 4. The second-order valence-electron chi connectivity index (χ2n) is 12.9. The maximum Gasteiger partial charge on any atom is 0.248 e. The molecule has 5 aromatic heterocycles. The van der Waals surface area contributed by atoms with E-state index < -0.39 is 0 Å². The van der Waals surface area contributed by atoms with Gasteiger partial charge in [0.05, 0.1) is 23.0 Å². The first-order valence-corrected chi connectivity index (χ1v) is 17.3. The Hall–Kier alpha value is -7.45. The maximum atomic E-state index is 6.49. The average Bonchev–Trinajstić information content (AvgIpc) is 3.89. The summed E-state index contributed by atoms with van der Waals surface area (Å²) in [5, 5.41) is 5.06. The highest BCUT2D eigenvalue weighted by molar-refractivity contribution is 6.07. The Morgan fingerprint density at radius 2 is 0.868 bits per heavy atom. The molecule has 0 saturated heterocycles. The van der Waals surface area contributed by atoms with Crippen LogP contribution < -0.4 is 9.80 Å². The smallest absolute Gasteiger partial charge is 0.248 e. The summed E-state index contributed by atoms with van der Waals surface area (Å²) in [6.45, 7) is 0. The van der Waals surface area contributed by atoms with Gasteiger partial charge in [-0.1, -0.05) is 72.8 Å². The fourth-order valence-corrected chi connectivity index (χ4v) is 7.33. The zero-order chi connectivity index (χ0) is 34.9. The molecule has 250 valence electrons. The van der Waals surface area contributed by atoms with Crippen LogP contribution in [0.5, 0.6) is 0 Å². The van der Waals surface area contributed by atoms with Crippen molar-refractivity contribution >= 4 is 100 Å². The predicted octanol–water partition coefficient (Wildman–Crippen LogP) is 12.5. The molecule has 0 unspecified atom stereocenters. The van der Waals surface area contributed by atoms with Gasteiger partial charge in [0.2, 0.25) is 5.71 Å². The second kappa shape index (κ2) is 11.5. The monoisotopic (exact) mass is 685 g/mol. The fourth-order valence-electron chi connectivity index (χ4n) is 7.33. The van der Waals surface area contributed by atoms with Crippen molar-refractivity contribution in [2.75, 3.05) is 9.80 Å². The van der Waals surface area contributed by atoms with Crippen molar-refractivity contribution < 1.29 is 13.3 Å². The fraction of sp³-hybridized carbons (Fsp3) is 0. The molecule has 8 nitrogen and oxygen atoms in total. The number of furan rings is 3. The van der Waals surface area contributed by atoms with Gasteiger partial charge in [0.1, 0.15) is 39.2 Å². The zero-order valence-electron chi connectivity index (χ0n) is 28.0. The number of aromatic nitrogens is 3. The lowest BCUT2D eigenvalue weighted by Gasteiger charge is -2.24. The molecular weight excluding hydrogens is 659 g/mol. The SMILES string of the molecule is c1ccc(N(c2ccc3c(c2)oc2ccccc23)c2cc3oc4nc(N(c5ccccc5)c5ccc6c(c5)oc5ccccc56)cnc4c3cn2)cc1. The van der Waals surface area contributed by atoms with E-state index in [-0.39, 0.29) is 0 Å². The molecule has 11 rings (SSSR count). The highest BCUT2D eigenvalue weighted by Crippen LogP contribution is 2.41. The van der Waals surface area contributed by atoms with E-state index >= 15 is 0 Å². The Labute approximate surface area is 301 Å². The molecule has 0 saturated carbocycles. The third-order valence-electron chi connectivity index (χ3n) is 9.77. The molecule has 53 heavy (non-hydrogen) atoms. The highest BCUT2D eigenvalue weighted by Gasteiger charge is 2.22. The van der Waals surface area contributed by atoms with Crippen molar-refractivity contribution in [3.8, 4) is 0 Å². The average molecular weight is 686 g/mol. The van der Waals surface area contributed by atoms with Crippen molar-refractivity contribution in [1.82, 2.24) is 15.0 Å². The lowest BCUT2D eigenvalue weighted by Crippen LogP contribution is -2.11. The van der Waals surface area contributed by atoms with E-state index in [9.17, 15) is 0 Å². The molecule has 0 radical (unpaired) electrons. The summed E-state index contributed by atoms with van der Waals surface area (Å²) >= 11 is 0. The molecule has 0 spiro atoms. The van der Waals surface area contributed by atoms with Crippen molar-refractivity contribution in [2.45, 2.75) is 0 Å². The van der Waals surface area contributed by atoms with Crippen LogP contribution in [0.4, 0.5) is 34.4 Å². The van der Waals surface area contributed by atoms with Crippen molar-refractivity contribution in [1.29, 1.82) is 0 Å². The number of rotatable bonds is 6. The normalized spacial score (nSPS) is 11.8. The second-order valence-corrected chi connectivity index (χ2v) is 12.9. The Balaban J connectivity index is 1.03. The predicted molar refractivity (Wildman–Crippen MR) is 211 cm³/mol. The van der Waals surface area contributed by atoms with Crippen LogP contribution in [0.2, 0.25) is 0 Å². The number of benzene rings is 6. The van der Waals surface area contributed by atoms with Gasteiger partial charge in [-0.3, -0.25) is 9.80 Å². The molecule has 0 N–H and O–H groups in total. The van der Waals surface area contributed by atoms with E-state index in [1.165, 1.54) is 0 Å². The summed E-state index contributed by atoms with van der Waals surface area (Å²) in [5.74, 6) is 1.29. The van der Waals surface area contributed by atoms with Gasteiger partial charge in [-0.25, -0.2) is 9.97 Å². The number of anilines is 6. The van der Waals surface area contributed by atoms with E-state index in [1.54, 1.807) is 6.20 Å². The van der Waals surface area contributed by atoms with Gasteiger partial charge >= 0.3 is 0 Å². The van der Waals surface area contributed by atoms with Crippen molar-refractivity contribution in [3.05, 3.63) is 164 Å². The molecule has 0 aliphatic heterocycles. The Morgan fingerprint density at radius 3 is 1.47 bits per heavy atom. The third-order valence-corrected chi connectivity index (χ3v) is 9.77. The van der Waals surface area contributed by atoms with Gasteiger partial charge in [0.25, 0.3) is 0 Å². The van der Waals surface area contributed by atoms with E-state index in [0.717, 1.165) is 72.0 Å². The van der Waals surface area contributed by atoms with E-state index in [4.69, 9.17) is 28.2 Å². The van der Waals surface area contributed by atoms with E-state index in [1.807, 2.05) is 103 Å². The molecule has 0 bridgehead atoms. The van der Waals surface area contributed by atoms with Crippen LogP contribution >= 0.6 is 0 Å². The topological polar surface area (TPSA) is 84.6 Å². The summed E-state index contributed by atoms with van der Waals surface area (Å²) in [6, 6.07) is 50.8. The molecule has 0 atom stereocenters. The summed E-state index contributed by atoms with van der Waals surface area (Å²) in [4.78, 5) is 19.0. The minimum atomic E-state index is 0.414. The molecule has 11 aromatic rings. The van der Waals surface area contributed by atoms with Gasteiger partial charge in [-0.05, 0) is 60.7 Å². The van der Waals surface area contributed by atoms with Crippen LogP contribution in [0, 0.1) is 0 Å². The van der Waals surface area contributed by atoms with Crippen molar-refractivity contribution in [2.24, 2.45) is 0 Å². The van der Waals surface area contributed by atoms with Gasteiger partial charge in [-0.15, -0.1) is 0 Å². The van der Waals surface area contributed by atoms with Crippen LogP contribution in [0.25, 0.3) is 66.1 Å². The Bertz CT molecular complexity index is 2940. The van der Waals surface area contributed by atoms with Crippen LogP contribution in [-0.4, -0.2) is 15.0 Å². The van der Waals surface area contributed by atoms with Crippen LogP contribution in [0.1, 0.15) is 0 Å². The molecule has 0 amide bonds. The van der Waals surface area contributed by atoms with Gasteiger partial charge in [0.15, 0.2) is 5.82 Å². The Morgan fingerprint density at radius 1 is 0.358 bits per heavy atom. The van der Waals surface area contributed by atoms with Gasteiger partial charge in [0, 0.05) is 57.3 Å². The minimum Gasteiger partial charge on any atom is -0.456 e. The highest BCUT2D eigenvalue weighted by atomic mass is 16.3. The Kier molecular flexibility index (Phi) is 6.38.